The van der Waals surface area contributed by atoms with Gasteiger partial charge in [0.05, 0.1) is 14.4 Å². The Kier molecular flexibility index (Phi) is 4.50. The molecule has 0 saturated carbocycles. The van der Waals surface area contributed by atoms with Crippen LogP contribution < -0.4 is 4.90 Å². The first kappa shape index (κ1) is 15.1. The van der Waals surface area contributed by atoms with E-state index in [1.807, 2.05) is 32.9 Å². The zero-order valence-electron chi connectivity index (χ0n) is 11.6. The predicted molar refractivity (Wildman–Crippen MR) is 87.0 cm³/mol. The van der Waals surface area contributed by atoms with E-state index >= 15 is 0 Å². The Hall–Kier alpha value is -1.33. The van der Waals surface area contributed by atoms with E-state index in [9.17, 15) is 9.90 Å². The smallest absolute Gasteiger partial charge is 0.268 e. The van der Waals surface area contributed by atoms with Gasteiger partial charge >= 0.3 is 0 Å². The quantitative estimate of drug-likeness (QED) is 0.882. The molecule has 0 aliphatic rings. The standard InChI is InChI=1S/C15H16BrNO2S/c1-4-17(12-8-11(18)6-5-9(12)2)15(19)13-7-10(3)14(16)20-13/h5-8,18H,4H2,1-3H3. The number of rotatable bonds is 3. The molecule has 0 spiro atoms. The molecule has 3 nitrogen and oxygen atoms in total. The summed E-state index contributed by atoms with van der Waals surface area (Å²) >= 11 is 4.88. The summed E-state index contributed by atoms with van der Waals surface area (Å²) < 4.78 is 0.976. The van der Waals surface area contributed by atoms with Crippen LogP contribution in [-0.2, 0) is 0 Å². The Morgan fingerprint density at radius 2 is 2.00 bits per heavy atom. The van der Waals surface area contributed by atoms with Gasteiger partial charge in [0.25, 0.3) is 5.91 Å². The lowest BCUT2D eigenvalue weighted by atomic mass is 10.1. The van der Waals surface area contributed by atoms with Gasteiger partial charge in [0.1, 0.15) is 5.75 Å². The van der Waals surface area contributed by atoms with Crippen LogP contribution in [0.15, 0.2) is 28.1 Å². The molecule has 0 radical (unpaired) electrons. The number of benzene rings is 1. The molecule has 0 aliphatic carbocycles. The monoisotopic (exact) mass is 353 g/mol. The lowest BCUT2D eigenvalue weighted by Gasteiger charge is -2.22. The minimum atomic E-state index is -0.0417. The van der Waals surface area contributed by atoms with Crippen molar-refractivity contribution in [2.75, 3.05) is 11.4 Å². The molecular weight excluding hydrogens is 338 g/mol. The second kappa shape index (κ2) is 5.97. The molecule has 2 rings (SSSR count). The van der Waals surface area contributed by atoms with Crippen LogP contribution in [0, 0.1) is 13.8 Å². The van der Waals surface area contributed by atoms with E-state index in [1.54, 1.807) is 17.0 Å². The lowest BCUT2D eigenvalue weighted by Crippen LogP contribution is -2.30. The molecule has 1 N–H and O–H groups in total. The Morgan fingerprint density at radius 1 is 1.30 bits per heavy atom. The van der Waals surface area contributed by atoms with Gasteiger partial charge in [-0.05, 0) is 60.0 Å². The van der Waals surface area contributed by atoms with Gasteiger partial charge in [0, 0.05) is 12.6 Å². The van der Waals surface area contributed by atoms with Crippen LogP contribution in [-0.4, -0.2) is 17.6 Å². The Bertz CT molecular complexity index is 632. The Labute approximate surface area is 131 Å². The fourth-order valence-electron chi connectivity index (χ4n) is 2.01. The summed E-state index contributed by atoms with van der Waals surface area (Å²) in [5.41, 5.74) is 2.77. The number of aryl methyl sites for hydroxylation is 2. The van der Waals surface area contributed by atoms with Gasteiger partial charge < -0.3 is 10.0 Å². The van der Waals surface area contributed by atoms with Crippen molar-refractivity contribution in [1.82, 2.24) is 0 Å². The molecule has 0 bridgehead atoms. The van der Waals surface area contributed by atoms with E-state index in [2.05, 4.69) is 15.9 Å². The van der Waals surface area contributed by atoms with Gasteiger partial charge in [0.15, 0.2) is 0 Å². The van der Waals surface area contributed by atoms with Crippen molar-refractivity contribution in [3.63, 3.8) is 0 Å². The van der Waals surface area contributed by atoms with E-state index in [1.165, 1.54) is 11.3 Å². The van der Waals surface area contributed by atoms with Crippen LogP contribution >= 0.6 is 27.3 Å². The van der Waals surface area contributed by atoms with Crippen LogP contribution in [0.25, 0.3) is 0 Å². The molecule has 1 amide bonds. The highest BCUT2D eigenvalue weighted by Crippen LogP contribution is 2.31. The van der Waals surface area contributed by atoms with Crippen molar-refractivity contribution in [3.8, 4) is 5.75 Å². The van der Waals surface area contributed by atoms with Crippen LogP contribution in [0.5, 0.6) is 5.75 Å². The summed E-state index contributed by atoms with van der Waals surface area (Å²) in [5.74, 6) is 0.125. The van der Waals surface area contributed by atoms with Gasteiger partial charge in [-0.1, -0.05) is 6.07 Å². The summed E-state index contributed by atoms with van der Waals surface area (Å²) in [7, 11) is 0. The Balaban J connectivity index is 2.41. The molecule has 5 heteroatoms. The molecule has 20 heavy (non-hydrogen) atoms. The van der Waals surface area contributed by atoms with Crippen LogP contribution in [0.3, 0.4) is 0 Å². The molecule has 1 heterocycles. The molecule has 106 valence electrons. The number of thiophene rings is 1. The number of phenols is 1. The van der Waals surface area contributed by atoms with Crippen molar-refractivity contribution in [3.05, 3.63) is 44.1 Å². The fraction of sp³-hybridized carbons (Fsp3) is 0.267. The second-order valence-corrected chi connectivity index (χ2v) is 6.96. The zero-order valence-corrected chi connectivity index (χ0v) is 14.0. The van der Waals surface area contributed by atoms with Crippen LogP contribution in [0.2, 0.25) is 0 Å². The first-order valence-corrected chi connectivity index (χ1v) is 7.92. The van der Waals surface area contributed by atoms with Gasteiger partial charge in [0.2, 0.25) is 0 Å². The maximum Gasteiger partial charge on any atom is 0.268 e. The van der Waals surface area contributed by atoms with Crippen LogP contribution in [0.4, 0.5) is 5.69 Å². The van der Waals surface area contributed by atoms with Crippen LogP contribution in [0.1, 0.15) is 27.7 Å². The van der Waals surface area contributed by atoms with E-state index < -0.39 is 0 Å². The number of halogens is 1. The van der Waals surface area contributed by atoms with Gasteiger partial charge in [-0.2, -0.15) is 0 Å². The number of aromatic hydroxyl groups is 1. The summed E-state index contributed by atoms with van der Waals surface area (Å²) in [5, 5.41) is 9.64. The van der Waals surface area contributed by atoms with Crippen molar-refractivity contribution in [2.24, 2.45) is 0 Å². The molecule has 1 aromatic heterocycles. The van der Waals surface area contributed by atoms with Crippen molar-refractivity contribution in [1.29, 1.82) is 0 Å². The van der Waals surface area contributed by atoms with Gasteiger partial charge in [-0.15, -0.1) is 11.3 Å². The largest absolute Gasteiger partial charge is 0.508 e. The van der Waals surface area contributed by atoms with E-state index in [0.29, 0.717) is 11.4 Å². The second-order valence-electron chi connectivity index (χ2n) is 4.59. The molecular formula is C15H16BrNO2S. The minimum Gasteiger partial charge on any atom is -0.508 e. The van der Waals surface area contributed by atoms with Crippen molar-refractivity contribution < 1.29 is 9.90 Å². The SMILES string of the molecule is CCN(C(=O)c1cc(C)c(Br)s1)c1cc(O)ccc1C. The molecule has 2 aromatic rings. The van der Waals surface area contributed by atoms with Gasteiger partial charge in [-0.3, -0.25) is 4.79 Å². The average molecular weight is 354 g/mol. The number of carbonyl (C=O) groups is 1. The maximum atomic E-state index is 12.6. The topological polar surface area (TPSA) is 40.5 Å². The normalized spacial score (nSPS) is 10.6. The molecule has 0 unspecified atom stereocenters. The minimum absolute atomic E-state index is 0.0417. The van der Waals surface area contributed by atoms with E-state index in [-0.39, 0.29) is 11.7 Å². The van der Waals surface area contributed by atoms with E-state index in [0.717, 1.165) is 20.6 Å². The molecule has 0 fully saturated rings. The van der Waals surface area contributed by atoms with Crippen molar-refractivity contribution in [2.45, 2.75) is 20.8 Å². The number of carbonyl (C=O) groups excluding carboxylic acids is 1. The predicted octanol–water partition coefficient (Wildman–Crippen LogP) is 4.50. The number of hydrogen-bond acceptors (Lipinski definition) is 3. The fourth-order valence-corrected chi connectivity index (χ4v) is 3.49. The number of amides is 1. The molecule has 0 aliphatic heterocycles. The summed E-state index contributed by atoms with van der Waals surface area (Å²) in [4.78, 5) is 15.0. The summed E-state index contributed by atoms with van der Waals surface area (Å²) in [6, 6.07) is 6.96. The number of nitrogens with zero attached hydrogens (tertiary/aromatic N) is 1. The summed E-state index contributed by atoms with van der Waals surface area (Å²) in [6.45, 7) is 6.38. The third kappa shape index (κ3) is 2.88. The zero-order chi connectivity index (χ0) is 14.9. The average Bonchev–Trinajstić information content (AvgIpc) is 2.74. The highest BCUT2D eigenvalue weighted by molar-refractivity contribution is 9.11. The number of hydrogen-bond donors (Lipinski definition) is 1. The molecule has 0 atom stereocenters. The first-order chi connectivity index (χ1) is 9.43. The van der Waals surface area contributed by atoms with Gasteiger partial charge in [-0.25, -0.2) is 0 Å². The van der Waals surface area contributed by atoms with Crippen molar-refractivity contribution >= 4 is 38.9 Å². The number of phenolic OH excluding ortho intramolecular Hbond substituents is 1. The molecule has 1 aromatic carbocycles. The number of anilines is 1. The highest BCUT2D eigenvalue weighted by Gasteiger charge is 2.20. The third-order valence-corrected chi connectivity index (χ3v) is 5.24. The Morgan fingerprint density at radius 3 is 2.55 bits per heavy atom. The van der Waals surface area contributed by atoms with E-state index in [4.69, 9.17) is 0 Å². The lowest BCUT2D eigenvalue weighted by molar-refractivity contribution is 0.0992. The third-order valence-electron chi connectivity index (χ3n) is 3.11. The highest BCUT2D eigenvalue weighted by atomic mass is 79.9. The summed E-state index contributed by atoms with van der Waals surface area (Å²) in [6.07, 6.45) is 0. The molecule has 0 saturated heterocycles. The maximum absolute atomic E-state index is 12.6. The first-order valence-electron chi connectivity index (χ1n) is 6.31.